The zero-order valence-electron chi connectivity index (χ0n) is 6.24. The highest BCUT2D eigenvalue weighted by Crippen LogP contribution is 2.25. The van der Waals surface area contributed by atoms with Gasteiger partial charge in [-0.15, -0.1) is 10.2 Å². The zero-order chi connectivity index (χ0) is 9.26. The van der Waals surface area contributed by atoms with Crippen molar-refractivity contribution in [2.24, 2.45) is 0 Å². The highest BCUT2D eigenvalue weighted by Gasteiger charge is 2.05. The van der Waals surface area contributed by atoms with Crippen LogP contribution in [0.15, 0.2) is 22.4 Å². The zero-order valence-corrected chi connectivity index (χ0v) is 8.64. The smallest absolute Gasteiger partial charge is 0.183 e. The lowest BCUT2D eigenvalue weighted by atomic mass is 10.3. The van der Waals surface area contributed by atoms with E-state index in [1.54, 1.807) is 6.20 Å². The molecule has 3 nitrogen and oxygen atoms in total. The summed E-state index contributed by atoms with van der Waals surface area (Å²) in [6.45, 7) is 0. The molecule has 6 heteroatoms. The summed E-state index contributed by atoms with van der Waals surface area (Å²) < 4.78 is 13.4. The van der Waals surface area contributed by atoms with Crippen molar-refractivity contribution in [3.8, 4) is 10.6 Å². The Morgan fingerprint density at radius 2 is 2.15 bits per heavy atom. The molecule has 0 atom stereocenters. The number of pyridine rings is 1. The quantitative estimate of drug-likeness (QED) is 0.790. The minimum Gasteiger partial charge on any atom is -0.261 e. The second-order valence-corrected chi connectivity index (χ2v) is 4.51. The van der Waals surface area contributed by atoms with E-state index in [1.165, 1.54) is 17.4 Å². The van der Waals surface area contributed by atoms with E-state index >= 15 is 0 Å². The van der Waals surface area contributed by atoms with E-state index in [0.717, 1.165) is 6.20 Å². The molecule has 0 fully saturated rings. The number of hydrogen-bond acceptors (Lipinski definition) is 4. The van der Waals surface area contributed by atoms with E-state index in [0.29, 0.717) is 14.5 Å². The maximum atomic E-state index is 12.7. The highest BCUT2D eigenvalue weighted by atomic mass is 79.9. The van der Waals surface area contributed by atoms with Gasteiger partial charge in [0, 0.05) is 11.8 Å². The molecule has 0 bridgehead atoms. The second kappa shape index (κ2) is 3.47. The Morgan fingerprint density at radius 1 is 1.31 bits per heavy atom. The van der Waals surface area contributed by atoms with Gasteiger partial charge in [0.15, 0.2) is 3.92 Å². The minimum absolute atomic E-state index is 0.371. The monoisotopic (exact) mass is 259 g/mol. The van der Waals surface area contributed by atoms with Crippen molar-refractivity contribution < 1.29 is 4.39 Å². The fourth-order valence-electron chi connectivity index (χ4n) is 0.851. The number of nitrogens with zero attached hydrogens (tertiary/aromatic N) is 3. The van der Waals surface area contributed by atoms with Gasteiger partial charge < -0.3 is 0 Å². The van der Waals surface area contributed by atoms with Crippen LogP contribution < -0.4 is 0 Å². The van der Waals surface area contributed by atoms with Crippen LogP contribution in [0.3, 0.4) is 0 Å². The Labute approximate surface area is 85.8 Å². The molecule has 0 amide bonds. The normalized spacial score (nSPS) is 10.3. The van der Waals surface area contributed by atoms with Gasteiger partial charge in [-0.25, -0.2) is 4.39 Å². The van der Waals surface area contributed by atoms with E-state index in [1.807, 2.05) is 0 Å². The van der Waals surface area contributed by atoms with Gasteiger partial charge in [0.2, 0.25) is 0 Å². The van der Waals surface area contributed by atoms with Gasteiger partial charge >= 0.3 is 0 Å². The van der Waals surface area contributed by atoms with Crippen LogP contribution >= 0.6 is 27.3 Å². The second-order valence-electron chi connectivity index (χ2n) is 2.25. The molecule has 0 N–H and O–H groups in total. The summed E-state index contributed by atoms with van der Waals surface area (Å²) in [6, 6.07) is 1.37. The number of aromatic nitrogens is 3. The molecular weight excluding hydrogens is 257 g/mol. The third-order valence-electron chi connectivity index (χ3n) is 1.35. The number of rotatable bonds is 1. The lowest BCUT2D eigenvalue weighted by molar-refractivity contribution is 0.622. The van der Waals surface area contributed by atoms with Gasteiger partial charge in [-0.2, -0.15) is 0 Å². The molecule has 66 valence electrons. The summed E-state index contributed by atoms with van der Waals surface area (Å²) in [6.07, 6.45) is 2.70. The molecule has 0 aliphatic rings. The maximum absolute atomic E-state index is 12.7. The fourth-order valence-corrected chi connectivity index (χ4v) is 1.94. The average Bonchev–Trinajstić information content (AvgIpc) is 2.52. The Balaban J connectivity index is 2.46. The summed E-state index contributed by atoms with van der Waals surface area (Å²) in [5.74, 6) is -0.371. The predicted molar refractivity (Wildman–Crippen MR) is 50.8 cm³/mol. The van der Waals surface area contributed by atoms with Gasteiger partial charge in [0.1, 0.15) is 10.8 Å². The summed E-state index contributed by atoms with van der Waals surface area (Å²) in [7, 11) is 0. The molecule has 13 heavy (non-hydrogen) atoms. The van der Waals surface area contributed by atoms with Crippen LogP contribution in [0.4, 0.5) is 4.39 Å². The van der Waals surface area contributed by atoms with E-state index in [-0.39, 0.29) is 5.82 Å². The van der Waals surface area contributed by atoms with E-state index in [9.17, 15) is 4.39 Å². The summed E-state index contributed by atoms with van der Waals surface area (Å²) in [5.41, 5.74) is 0.642. The largest absolute Gasteiger partial charge is 0.261 e. The van der Waals surface area contributed by atoms with Crippen molar-refractivity contribution in [2.75, 3.05) is 0 Å². The maximum Gasteiger partial charge on any atom is 0.183 e. The number of halogens is 2. The van der Waals surface area contributed by atoms with Crippen molar-refractivity contribution in [2.45, 2.75) is 0 Å². The van der Waals surface area contributed by atoms with Crippen molar-refractivity contribution >= 4 is 27.3 Å². The van der Waals surface area contributed by atoms with Crippen LogP contribution in [-0.4, -0.2) is 15.2 Å². The first-order chi connectivity index (χ1) is 6.25. The van der Waals surface area contributed by atoms with Gasteiger partial charge in [-0.1, -0.05) is 11.3 Å². The first kappa shape index (κ1) is 8.71. The van der Waals surface area contributed by atoms with Crippen molar-refractivity contribution in [1.29, 1.82) is 0 Å². The molecule has 0 aromatic carbocycles. The summed E-state index contributed by atoms with van der Waals surface area (Å²) >= 11 is 4.52. The number of hydrogen-bond donors (Lipinski definition) is 0. The minimum atomic E-state index is -0.371. The van der Waals surface area contributed by atoms with Crippen molar-refractivity contribution in [1.82, 2.24) is 15.2 Å². The molecule has 0 radical (unpaired) electrons. The fraction of sp³-hybridized carbons (Fsp3) is 0. The lowest BCUT2D eigenvalue weighted by Gasteiger charge is -1.92. The first-order valence-corrected chi connectivity index (χ1v) is 4.96. The van der Waals surface area contributed by atoms with Gasteiger partial charge in [0.05, 0.1) is 6.20 Å². The molecule has 0 aliphatic heterocycles. The third-order valence-corrected chi connectivity index (χ3v) is 2.76. The molecular formula is C7H3BrFN3S. The molecule has 0 saturated carbocycles. The predicted octanol–water partition coefficient (Wildman–Crippen LogP) is 2.50. The van der Waals surface area contributed by atoms with Crippen LogP contribution in [0, 0.1) is 5.82 Å². The van der Waals surface area contributed by atoms with Crippen LogP contribution in [0.25, 0.3) is 10.6 Å². The van der Waals surface area contributed by atoms with Crippen LogP contribution in [0.1, 0.15) is 0 Å². The van der Waals surface area contributed by atoms with Crippen molar-refractivity contribution in [3.63, 3.8) is 0 Å². The van der Waals surface area contributed by atoms with Crippen LogP contribution in [0.2, 0.25) is 0 Å². The lowest BCUT2D eigenvalue weighted by Crippen LogP contribution is -1.81. The van der Waals surface area contributed by atoms with Crippen LogP contribution in [0.5, 0.6) is 0 Å². The van der Waals surface area contributed by atoms with Gasteiger partial charge in [-0.3, -0.25) is 4.98 Å². The van der Waals surface area contributed by atoms with Crippen molar-refractivity contribution in [3.05, 3.63) is 28.2 Å². The summed E-state index contributed by atoms with van der Waals surface area (Å²) in [5, 5.41) is 8.25. The third kappa shape index (κ3) is 1.89. The van der Waals surface area contributed by atoms with Gasteiger partial charge in [-0.05, 0) is 22.0 Å². The molecule has 2 rings (SSSR count). The van der Waals surface area contributed by atoms with Gasteiger partial charge in [0.25, 0.3) is 0 Å². The van der Waals surface area contributed by atoms with Crippen LogP contribution in [-0.2, 0) is 0 Å². The Hall–Kier alpha value is -0.880. The highest BCUT2D eigenvalue weighted by molar-refractivity contribution is 9.11. The Kier molecular flexibility index (Phi) is 2.32. The molecule has 2 aromatic heterocycles. The Bertz CT molecular complexity index is 431. The molecule has 0 saturated heterocycles. The standard InChI is InChI=1S/C7H3BrFN3S/c8-7-12-11-6(13-7)4-1-5(9)3-10-2-4/h1-3H. The molecule has 2 heterocycles. The summed E-state index contributed by atoms with van der Waals surface area (Å²) in [4.78, 5) is 3.72. The SMILES string of the molecule is Fc1cncc(-c2nnc(Br)s2)c1. The average molecular weight is 260 g/mol. The molecule has 0 unspecified atom stereocenters. The van der Waals surface area contributed by atoms with E-state index in [4.69, 9.17) is 0 Å². The Morgan fingerprint density at radius 3 is 2.77 bits per heavy atom. The van der Waals surface area contributed by atoms with E-state index in [2.05, 4.69) is 31.1 Å². The van der Waals surface area contributed by atoms with E-state index < -0.39 is 0 Å². The molecule has 0 spiro atoms. The molecule has 0 aliphatic carbocycles. The first-order valence-electron chi connectivity index (χ1n) is 3.35. The molecule has 2 aromatic rings. The topological polar surface area (TPSA) is 38.7 Å².